The lowest BCUT2D eigenvalue weighted by Gasteiger charge is -2.17. The van der Waals surface area contributed by atoms with Gasteiger partial charge in [0.1, 0.15) is 0 Å². The molecule has 1 amide bonds. The molecular formula is C16H26N2O3. The summed E-state index contributed by atoms with van der Waals surface area (Å²) < 4.78 is 10.4. The van der Waals surface area contributed by atoms with Gasteiger partial charge in [-0.3, -0.25) is 4.79 Å². The lowest BCUT2D eigenvalue weighted by Crippen LogP contribution is -2.30. The van der Waals surface area contributed by atoms with E-state index in [-0.39, 0.29) is 5.91 Å². The van der Waals surface area contributed by atoms with Crippen molar-refractivity contribution in [1.82, 2.24) is 10.2 Å². The first kappa shape index (κ1) is 17.3. The van der Waals surface area contributed by atoms with E-state index in [1.165, 1.54) is 0 Å². The molecule has 0 fully saturated rings. The van der Waals surface area contributed by atoms with Crippen molar-refractivity contribution in [1.29, 1.82) is 0 Å². The lowest BCUT2D eigenvalue weighted by atomic mass is 10.2. The monoisotopic (exact) mass is 294 g/mol. The maximum Gasteiger partial charge on any atom is 0.221 e. The molecule has 1 aromatic rings. The number of hydrogen-bond acceptors (Lipinski definition) is 4. The number of methoxy groups -OCH3 is 2. The number of nitrogens with zero attached hydrogens (tertiary/aromatic N) is 1. The summed E-state index contributed by atoms with van der Waals surface area (Å²) in [6, 6.07) is 5.64. The number of amides is 1. The molecular weight excluding hydrogens is 268 g/mol. The summed E-state index contributed by atoms with van der Waals surface area (Å²) in [6.07, 6.45) is 0.523. The third-order valence-electron chi connectivity index (χ3n) is 3.49. The zero-order chi connectivity index (χ0) is 15.7. The van der Waals surface area contributed by atoms with E-state index in [1.807, 2.05) is 18.2 Å². The molecule has 0 saturated heterocycles. The Morgan fingerprint density at radius 3 is 2.38 bits per heavy atom. The summed E-state index contributed by atoms with van der Waals surface area (Å²) >= 11 is 0. The molecule has 0 unspecified atom stereocenters. The van der Waals surface area contributed by atoms with Crippen LogP contribution in [0.15, 0.2) is 18.2 Å². The summed E-state index contributed by atoms with van der Waals surface area (Å²) in [7, 11) is 3.21. The molecule has 0 atom stereocenters. The van der Waals surface area contributed by atoms with E-state index < -0.39 is 0 Å². The van der Waals surface area contributed by atoms with Crippen molar-refractivity contribution in [3.63, 3.8) is 0 Å². The quantitative estimate of drug-likeness (QED) is 0.757. The Labute approximate surface area is 127 Å². The van der Waals surface area contributed by atoms with Gasteiger partial charge in [-0.15, -0.1) is 0 Å². The van der Waals surface area contributed by atoms with Crippen molar-refractivity contribution < 1.29 is 14.3 Å². The molecule has 1 rings (SSSR count). The predicted molar refractivity (Wildman–Crippen MR) is 83.8 cm³/mol. The number of carbonyl (C=O) groups excluding carboxylic acids is 1. The maximum absolute atomic E-state index is 11.8. The van der Waals surface area contributed by atoms with Crippen molar-refractivity contribution in [2.45, 2.75) is 26.8 Å². The molecule has 0 aliphatic rings. The average molecular weight is 294 g/mol. The summed E-state index contributed by atoms with van der Waals surface area (Å²) in [5.41, 5.74) is 0.990. The summed E-state index contributed by atoms with van der Waals surface area (Å²) in [6.45, 7) is 7.44. The van der Waals surface area contributed by atoms with Crippen molar-refractivity contribution in [2.24, 2.45) is 0 Å². The van der Waals surface area contributed by atoms with E-state index in [9.17, 15) is 4.79 Å². The molecule has 0 aliphatic heterocycles. The molecule has 0 aliphatic carbocycles. The van der Waals surface area contributed by atoms with Gasteiger partial charge in [0, 0.05) is 19.5 Å². The molecule has 0 saturated carbocycles. The number of benzene rings is 1. The van der Waals surface area contributed by atoms with Gasteiger partial charge >= 0.3 is 0 Å². The van der Waals surface area contributed by atoms with Crippen LogP contribution in [0.4, 0.5) is 0 Å². The Morgan fingerprint density at radius 1 is 1.14 bits per heavy atom. The highest BCUT2D eigenvalue weighted by atomic mass is 16.5. The fourth-order valence-electron chi connectivity index (χ4n) is 2.08. The van der Waals surface area contributed by atoms with E-state index in [2.05, 4.69) is 24.1 Å². The molecule has 0 aromatic heterocycles. The number of hydrogen-bond donors (Lipinski definition) is 1. The number of ether oxygens (including phenoxy) is 2. The van der Waals surface area contributed by atoms with Gasteiger partial charge in [-0.25, -0.2) is 0 Å². The van der Waals surface area contributed by atoms with Crippen molar-refractivity contribution in [2.75, 3.05) is 33.9 Å². The third kappa shape index (κ3) is 5.63. The molecule has 1 N–H and O–H groups in total. The van der Waals surface area contributed by atoms with Gasteiger partial charge in [0.05, 0.1) is 14.2 Å². The average Bonchev–Trinajstić information content (AvgIpc) is 2.53. The molecule has 0 spiro atoms. The third-order valence-corrected chi connectivity index (χ3v) is 3.49. The Balaban J connectivity index is 2.46. The van der Waals surface area contributed by atoms with Gasteiger partial charge in [-0.1, -0.05) is 19.9 Å². The van der Waals surface area contributed by atoms with Crippen molar-refractivity contribution in [3.05, 3.63) is 23.8 Å². The van der Waals surface area contributed by atoms with Crippen LogP contribution in [0.1, 0.15) is 25.8 Å². The molecule has 0 bridgehead atoms. The van der Waals surface area contributed by atoms with Gasteiger partial charge in [0.2, 0.25) is 5.91 Å². The van der Waals surface area contributed by atoms with Gasteiger partial charge in [-0.05, 0) is 30.8 Å². The molecule has 21 heavy (non-hydrogen) atoms. The smallest absolute Gasteiger partial charge is 0.221 e. The van der Waals surface area contributed by atoms with E-state index in [4.69, 9.17) is 9.47 Å². The van der Waals surface area contributed by atoms with Gasteiger partial charge < -0.3 is 19.7 Å². The molecule has 0 heterocycles. The fourth-order valence-corrected chi connectivity index (χ4v) is 2.08. The molecule has 5 heteroatoms. The second-order valence-electron chi connectivity index (χ2n) is 4.74. The van der Waals surface area contributed by atoms with Gasteiger partial charge in [0.15, 0.2) is 11.5 Å². The van der Waals surface area contributed by atoms with Crippen molar-refractivity contribution >= 4 is 5.91 Å². The SMILES string of the molecule is CCN(CC)CCC(=O)NCc1ccc(OC)c(OC)c1. The van der Waals surface area contributed by atoms with Crippen LogP contribution in [0.3, 0.4) is 0 Å². The Kier molecular flexibility index (Phi) is 7.61. The minimum atomic E-state index is 0.0664. The minimum Gasteiger partial charge on any atom is -0.493 e. The van der Waals surface area contributed by atoms with Crippen LogP contribution in [0.5, 0.6) is 11.5 Å². The first-order valence-electron chi connectivity index (χ1n) is 7.34. The normalized spacial score (nSPS) is 10.5. The summed E-state index contributed by atoms with van der Waals surface area (Å²) in [5, 5.41) is 2.93. The second kappa shape index (κ2) is 9.23. The van der Waals surface area contributed by atoms with Crippen LogP contribution in [0, 0.1) is 0 Å². The molecule has 1 aromatic carbocycles. The maximum atomic E-state index is 11.8. The highest BCUT2D eigenvalue weighted by Crippen LogP contribution is 2.27. The van der Waals surface area contributed by atoms with E-state index in [0.717, 1.165) is 25.2 Å². The van der Waals surface area contributed by atoms with Gasteiger partial charge in [-0.2, -0.15) is 0 Å². The molecule has 118 valence electrons. The number of rotatable bonds is 9. The highest BCUT2D eigenvalue weighted by molar-refractivity contribution is 5.76. The van der Waals surface area contributed by atoms with Gasteiger partial charge in [0.25, 0.3) is 0 Å². The first-order valence-corrected chi connectivity index (χ1v) is 7.34. The summed E-state index contributed by atoms with van der Waals surface area (Å²) in [5.74, 6) is 1.43. The Bertz CT molecular complexity index is 445. The first-order chi connectivity index (χ1) is 10.1. The zero-order valence-corrected chi connectivity index (χ0v) is 13.4. The van der Waals surface area contributed by atoms with Crippen LogP contribution in [-0.2, 0) is 11.3 Å². The molecule has 0 radical (unpaired) electrons. The van der Waals surface area contributed by atoms with Crippen LogP contribution in [0.2, 0.25) is 0 Å². The Morgan fingerprint density at radius 2 is 1.81 bits per heavy atom. The summed E-state index contributed by atoms with van der Waals surface area (Å²) in [4.78, 5) is 14.1. The fraction of sp³-hybridized carbons (Fsp3) is 0.562. The standard InChI is InChI=1S/C16H26N2O3/c1-5-18(6-2)10-9-16(19)17-12-13-7-8-14(20-3)15(11-13)21-4/h7-8,11H,5-6,9-10,12H2,1-4H3,(H,17,19). The van der Waals surface area contributed by atoms with Crippen LogP contribution >= 0.6 is 0 Å². The predicted octanol–water partition coefficient (Wildman–Crippen LogP) is 2.05. The zero-order valence-electron chi connectivity index (χ0n) is 13.4. The van der Waals surface area contributed by atoms with E-state index in [0.29, 0.717) is 24.5 Å². The van der Waals surface area contributed by atoms with Crippen molar-refractivity contribution in [3.8, 4) is 11.5 Å². The largest absolute Gasteiger partial charge is 0.493 e. The number of nitrogens with one attached hydrogen (secondary N) is 1. The highest BCUT2D eigenvalue weighted by Gasteiger charge is 2.07. The van der Waals surface area contributed by atoms with E-state index >= 15 is 0 Å². The van der Waals surface area contributed by atoms with Crippen LogP contribution in [-0.4, -0.2) is 44.7 Å². The lowest BCUT2D eigenvalue weighted by molar-refractivity contribution is -0.121. The minimum absolute atomic E-state index is 0.0664. The van der Waals surface area contributed by atoms with Crippen LogP contribution < -0.4 is 14.8 Å². The van der Waals surface area contributed by atoms with E-state index in [1.54, 1.807) is 14.2 Å². The number of carbonyl (C=O) groups is 1. The topological polar surface area (TPSA) is 50.8 Å². The Hall–Kier alpha value is -1.75. The second-order valence-corrected chi connectivity index (χ2v) is 4.74. The van der Waals surface area contributed by atoms with Crippen LogP contribution in [0.25, 0.3) is 0 Å². The molecule has 5 nitrogen and oxygen atoms in total.